The molecule has 1 aliphatic carbocycles. The lowest BCUT2D eigenvalue weighted by molar-refractivity contribution is 0.224. The first kappa shape index (κ1) is 31.0. The predicted molar refractivity (Wildman–Crippen MR) is 227 cm³/mol. The standard InChI is InChI=1S/C51H32N4O/c1-3-13-31(14-4-1)49-52-50(32-15-5-2-6-16-32)54-51(53-49)33-23-28-46-43(29-33)40-26-27-45-47(48(40)56-46)41-21-11-12-22-44(41)55(45)34-24-25-39-37-19-8-7-17-35(37)36-18-9-10-20-38(36)42(39)30-34/h1-30,40,48H. The van der Waals surface area contributed by atoms with E-state index in [1.54, 1.807) is 0 Å². The van der Waals surface area contributed by atoms with Gasteiger partial charge in [-0.3, -0.25) is 0 Å². The first-order valence-corrected chi connectivity index (χ1v) is 19.1. The molecule has 1 aliphatic heterocycles. The molecule has 3 heterocycles. The second kappa shape index (κ2) is 12.1. The Kier molecular flexibility index (Phi) is 6.69. The van der Waals surface area contributed by atoms with Crippen molar-refractivity contribution in [1.29, 1.82) is 0 Å². The van der Waals surface area contributed by atoms with Gasteiger partial charge < -0.3 is 9.30 Å². The number of fused-ring (bicyclic) bond motifs is 13. The van der Waals surface area contributed by atoms with Gasteiger partial charge in [0.25, 0.3) is 0 Å². The Hall–Kier alpha value is -7.37. The lowest BCUT2D eigenvalue weighted by atomic mass is 9.85. The number of rotatable bonds is 4. The molecule has 5 nitrogen and oxygen atoms in total. The molecule has 0 fully saturated rings. The molecule has 2 aliphatic rings. The van der Waals surface area contributed by atoms with Gasteiger partial charge in [-0.15, -0.1) is 0 Å². The lowest BCUT2D eigenvalue weighted by Crippen LogP contribution is -2.13. The van der Waals surface area contributed by atoms with Crippen molar-refractivity contribution in [2.45, 2.75) is 12.0 Å². The van der Waals surface area contributed by atoms with Crippen molar-refractivity contribution in [2.75, 3.05) is 0 Å². The summed E-state index contributed by atoms with van der Waals surface area (Å²) in [6.07, 6.45) is 4.45. The van der Waals surface area contributed by atoms with E-state index in [9.17, 15) is 0 Å². The molecule has 0 radical (unpaired) electrons. The van der Waals surface area contributed by atoms with Crippen LogP contribution >= 0.6 is 0 Å². The highest BCUT2D eigenvalue weighted by Gasteiger charge is 2.40. The molecule has 0 spiro atoms. The highest BCUT2D eigenvalue weighted by atomic mass is 16.5. The Labute approximate surface area is 322 Å². The maximum atomic E-state index is 6.93. The summed E-state index contributed by atoms with van der Waals surface area (Å²) in [5, 5.41) is 8.81. The zero-order valence-electron chi connectivity index (χ0n) is 30.2. The highest BCUT2D eigenvalue weighted by molar-refractivity contribution is 6.25. The number of hydrogen-bond donors (Lipinski definition) is 0. The summed E-state index contributed by atoms with van der Waals surface area (Å²) >= 11 is 0. The quantitative estimate of drug-likeness (QED) is 0.170. The lowest BCUT2D eigenvalue weighted by Gasteiger charge is -2.22. The third-order valence-electron chi connectivity index (χ3n) is 11.6. The van der Waals surface area contributed by atoms with E-state index in [2.05, 4.69) is 126 Å². The fraction of sp³-hybridized carbons (Fsp3) is 0.0392. The first-order valence-electron chi connectivity index (χ1n) is 19.1. The van der Waals surface area contributed by atoms with Gasteiger partial charge in [-0.1, -0.05) is 140 Å². The largest absolute Gasteiger partial charge is 0.484 e. The number of aromatic nitrogens is 4. The van der Waals surface area contributed by atoms with Crippen LogP contribution in [0.15, 0.2) is 176 Å². The number of benzene rings is 8. The SMILES string of the molecule is C1=CC2c3cc(-c4nc(-c5ccccc5)nc(-c5ccccc5)n4)ccc3OC2c2c1n(-c1ccc3c4ccccc4c4ccccc4c3c1)c1ccccc21. The van der Waals surface area contributed by atoms with Gasteiger partial charge in [0.1, 0.15) is 11.9 Å². The molecule has 262 valence electrons. The summed E-state index contributed by atoms with van der Waals surface area (Å²) in [7, 11) is 0. The van der Waals surface area contributed by atoms with Crippen molar-refractivity contribution in [2.24, 2.45) is 0 Å². The molecule has 2 atom stereocenters. The summed E-state index contributed by atoms with van der Waals surface area (Å²) in [5.41, 5.74) is 8.64. The van der Waals surface area contributed by atoms with Crippen LogP contribution in [0.25, 0.3) is 89.1 Å². The molecule has 5 heteroatoms. The van der Waals surface area contributed by atoms with Crippen molar-refractivity contribution in [3.63, 3.8) is 0 Å². The van der Waals surface area contributed by atoms with E-state index >= 15 is 0 Å². The molecule has 56 heavy (non-hydrogen) atoms. The maximum absolute atomic E-state index is 6.93. The van der Waals surface area contributed by atoms with Crippen molar-refractivity contribution in [1.82, 2.24) is 19.5 Å². The van der Waals surface area contributed by atoms with Gasteiger partial charge in [-0.2, -0.15) is 0 Å². The van der Waals surface area contributed by atoms with Crippen LogP contribution < -0.4 is 4.74 Å². The monoisotopic (exact) mass is 716 g/mol. The first-order chi connectivity index (χ1) is 27.8. The molecule has 0 N–H and O–H groups in total. The second-order valence-corrected chi connectivity index (χ2v) is 14.7. The average molecular weight is 717 g/mol. The number of hydrogen-bond acceptors (Lipinski definition) is 4. The van der Waals surface area contributed by atoms with Crippen LogP contribution in [0.3, 0.4) is 0 Å². The second-order valence-electron chi connectivity index (χ2n) is 14.7. The Balaban J connectivity index is 0.989. The maximum Gasteiger partial charge on any atom is 0.164 e. The van der Waals surface area contributed by atoms with Crippen LogP contribution in [-0.2, 0) is 0 Å². The van der Waals surface area contributed by atoms with Gasteiger partial charge in [-0.05, 0) is 74.8 Å². The van der Waals surface area contributed by atoms with Crippen LogP contribution in [0, 0.1) is 0 Å². The Morgan fingerprint density at radius 1 is 0.446 bits per heavy atom. The number of para-hydroxylation sites is 1. The molecular weight excluding hydrogens is 685 g/mol. The zero-order chi connectivity index (χ0) is 36.7. The van der Waals surface area contributed by atoms with Crippen LogP contribution in [0.5, 0.6) is 5.75 Å². The van der Waals surface area contributed by atoms with E-state index in [1.807, 2.05) is 60.7 Å². The molecular formula is C51H32N4O. The molecule has 0 amide bonds. The summed E-state index contributed by atoms with van der Waals surface area (Å²) in [6.45, 7) is 0. The summed E-state index contributed by atoms with van der Waals surface area (Å²) in [4.78, 5) is 14.9. The fourth-order valence-electron chi connectivity index (χ4n) is 9.06. The van der Waals surface area contributed by atoms with Crippen molar-refractivity contribution >= 4 is 49.3 Å². The molecule has 2 aromatic heterocycles. The van der Waals surface area contributed by atoms with Gasteiger partial charge >= 0.3 is 0 Å². The van der Waals surface area contributed by atoms with E-state index in [-0.39, 0.29) is 12.0 Å². The smallest absolute Gasteiger partial charge is 0.164 e. The predicted octanol–water partition coefficient (Wildman–Crippen LogP) is 12.5. The molecule has 0 bridgehead atoms. The third-order valence-corrected chi connectivity index (χ3v) is 11.6. The van der Waals surface area contributed by atoms with E-state index in [0.29, 0.717) is 17.5 Å². The van der Waals surface area contributed by atoms with Crippen LogP contribution in [0.1, 0.15) is 28.8 Å². The van der Waals surface area contributed by atoms with Gasteiger partial charge in [0.15, 0.2) is 17.5 Å². The number of ether oxygens (including phenoxy) is 1. The minimum absolute atomic E-state index is 0.0349. The van der Waals surface area contributed by atoms with Crippen molar-refractivity contribution in [3.05, 3.63) is 193 Å². The van der Waals surface area contributed by atoms with Gasteiger partial charge in [-0.25, -0.2) is 15.0 Å². The fourth-order valence-corrected chi connectivity index (χ4v) is 9.06. The Morgan fingerprint density at radius 3 is 1.62 bits per heavy atom. The van der Waals surface area contributed by atoms with Crippen molar-refractivity contribution in [3.8, 4) is 45.6 Å². The van der Waals surface area contributed by atoms with Crippen LogP contribution in [0.2, 0.25) is 0 Å². The van der Waals surface area contributed by atoms with Crippen LogP contribution in [-0.4, -0.2) is 19.5 Å². The summed E-state index contributed by atoms with van der Waals surface area (Å²) in [6, 6.07) is 59.8. The van der Waals surface area contributed by atoms with Gasteiger partial charge in [0, 0.05) is 44.8 Å². The summed E-state index contributed by atoms with van der Waals surface area (Å²) in [5.74, 6) is 2.86. The average Bonchev–Trinajstić information content (AvgIpc) is 3.82. The molecule has 0 saturated heterocycles. The zero-order valence-corrected chi connectivity index (χ0v) is 30.2. The minimum Gasteiger partial charge on any atom is -0.484 e. The number of nitrogens with zero attached hydrogens (tertiary/aromatic N) is 4. The molecule has 8 aromatic carbocycles. The van der Waals surface area contributed by atoms with E-state index in [4.69, 9.17) is 19.7 Å². The Morgan fingerprint density at radius 2 is 0.982 bits per heavy atom. The Bertz CT molecular complexity index is 3150. The van der Waals surface area contributed by atoms with Crippen molar-refractivity contribution < 1.29 is 4.74 Å². The van der Waals surface area contributed by atoms with Crippen LogP contribution in [0.4, 0.5) is 0 Å². The topological polar surface area (TPSA) is 52.8 Å². The molecule has 12 rings (SSSR count). The third kappa shape index (κ3) is 4.64. The van der Waals surface area contributed by atoms with E-state index < -0.39 is 0 Å². The minimum atomic E-state index is -0.172. The van der Waals surface area contributed by atoms with E-state index in [0.717, 1.165) is 39.4 Å². The van der Waals surface area contributed by atoms with Gasteiger partial charge in [0.2, 0.25) is 0 Å². The van der Waals surface area contributed by atoms with Gasteiger partial charge in [0.05, 0.1) is 11.2 Å². The molecule has 10 aromatic rings. The normalized spacial score (nSPS) is 15.6. The van der Waals surface area contributed by atoms with E-state index in [1.165, 1.54) is 48.8 Å². The molecule has 0 saturated carbocycles. The molecule has 2 unspecified atom stereocenters. The summed E-state index contributed by atoms with van der Waals surface area (Å²) < 4.78 is 9.35. The highest BCUT2D eigenvalue weighted by Crippen LogP contribution is 2.53.